The standard InChI is InChI=1S/C19H22N4O4/c1-12-9-18-22(19(25)5-6-23(18)21-12)11-17(24)20-13(2)14-3-4-15-16(10-14)27-8-7-26-15/h3-4,9-10,13H,5-8,11H2,1-2H3,(H,20,24). The third-order valence-corrected chi connectivity index (χ3v) is 4.74. The second-order valence-corrected chi connectivity index (χ2v) is 6.79. The molecule has 0 saturated heterocycles. The predicted octanol–water partition coefficient (Wildman–Crippen LogP) is 1.58. The Hall–Kier alpha value is -3.03. The van der Waals surface area contributed by atoms with E-state index in [4.69, 9.17) is 9.47 Å². The maximum atomic E-state index is 12.6. The quantitative estimate of drug-likeness (QED) is 0.883. The number of carbonyl (C=O) groups is 2. The molecule has 2 aliphatic rings. The molecule has 27 heavy (non-hydrogen) atoms. The minimum atomic E-state index is -0.224. The van der Waals surface area contributed by atoms with Crippen LogP contribution in [0.3, 0.4) is 0 Å². The average Bonchev–Trinajstić information content (AvgIpc) is 3.04. The van der Waals surface area contributed by atoms with E-state index in [9.17, 15) is 9.59 Å². The van der Waals surface area contributed by atoms with Gasteiger partial charge in [-0.1, -0.05) is 6.07 Å². The summed E-state index contributed by atoms with van der Waals surface area (Å²) in [6, 6.07) is 7.24. The van der Waals surface area contributed by atoms with E-state index in [-0.39, 0.29) is 24.4 Å². The highest BCUT2D eigenvalue weighted by Crippen LogP contribution is 2.32. The van der Waals surface area contributed by atoms with E-state index < -0.39 is 0 Å². The molecule has 0 spiro atoms. The number of ether oxygens (including phenoxy) is 2. The molecule has 0 aliphatic carbocycles. The summed E-state index contributed by atoms with van der Waals surface area (Å²) in [7, 11) is 0. The van der Waals surface area contributed by atoms with Gasteiger partial charge in [-0.3, -0.25) is 14.5 Å². The van der Waals surface area contributed by atoms with Crippen LogP contribution in [-0.2, 0) is 16.1 Å². The maximum absolute atomic E-state index is 12.6. The SMILES string of the molecule is Cc1cc2n(n1)CCC(=O)N2CC(=O)NC(C)c1ccc2c(c1)OCCO2. The number of benzene rings is 1. The van der Waals surface area contributed by atoms with Gasteiger partial charge in [0.1, 0.15) is 25.6 Å². The van der Waals surface area contributed by atoms with E-state index in [1.165, 1.54) is 4.90 Å². The van der Waals surface area contributed by atoms with Gasteiger partial charge in [-0.05, 0) is 31.5 Å². The fourth-order valence-electron chi connectivity index (χ4n) is 3.39. The van der Waals surface area contributed by atoms with Gasteiger partial charge in [-0.15, -0.1) is 0 Å². The van der Waals surface area contributed by atoms with Crippen LogP contribution >= 0.6 is 0 Å². The van der Waals surface area contributed by atoms with E-state index in [1.807, 2.05) is 38.1 Å². The molecule has 2 aliphatic heterocycles. The summed E-state index contributed by atoms with van der Waals surface area (Å²) in [5, 5.41) is 7.31. The average molecular weight is 370 g/mol. The summed E-state index contributed by atoms with van der Waals surface area (Å²) in [6.45, 7) is 5.35. The third kappa shape index (κ3) is 3.47. The van der Waals surface area contributed by atoms with Crippen molar-refractivity contribution in [2.24, 2.45) is 0 Å². The van der Waals surface area contributed by atoms with Crippen LogP contribution in [0.2, 0.25) is 0 Å². The Labute approximate surface area is 157 Å². The van der Waals surface area contributed by atoms with Gasteiger partial charge in [0.25, 0.3) is 0 Å². The van der Waals surface area contributed by atoms with Crippen molar-refractivity contribution in [1.82, 2.24) is 15.1 Å². The Bertz CT molecular complexity index is 892. The minimum Gasteiger partial charge on any atom is -0.486 e. The van der Waals surface area contributed by atoms with E-state index >= 15 is 0 Å². The Kier molecular flexibility index (Phi) is 4.47. The number of fused-ring (bicyclic) bond motifs is 2. The molecule has 8 nitrogen and oxygen atoms in total. The van der Waals surface area contributed by atoms with Gasteiger partial charge in [-0.25, -0.2) is 4.68 Å². The van der Waals surface area contributed by atoms with Crippen LogP contribution in [0.15, 0.2) is 24.3 Å². The van der Waals surface area contributed by atoms with Crippen molar-refractivity contribution in [2.45, 2.75) is 32.9 Å². The van der Waals surface area contributed by atoms with Gasteiger partial charge in [0, 0.05) is 12.5 Å². The molecule has 1 aromatic heterocycles. The third-order valence-electron chi connectivity index (χ3n) is 4.74. The molecule has 0 radical (unpaired) electrons. The largest absolute Gasteiger partial charge is 0.486 e. The molecule has 0 saturated carbocycles. The molecule has 1 atom stereocenters. The monoisotopic (exact) mass is 370 g/mol. The molecule has 3 heterocycles. The second-order valence-electron chi connectivity index (χ2n) is 6.79. The smallest absolute Gasteiger partial charge is 0.240 e. The molecule has 8 heteroatoms. The van der Waals surface area contributed by atoms with Crippen LogP contribution in [0.4, 0.5) is 5.82 Å². The van der Waals surface area contributed by atoms with Crippen molar-refractivity contribution in [3.05, 3.63) is 35.5 Å². The number of aromatic nitrogens is 2. The molecule has 142 valence electrons. The van der Waals surface area contributed by atoms with Crippen molar-refractivity contribution < 1.29 is 19.1 Å². The lowest BCUT2D eigenvalue weighted by Gasteiger charge is -2.27. The number of carbonyl (C=O) groups excluding carboxylic acids is 2. The Morgan fingerprint density at radius 1 is 1.26 bits per heavy atom. The molecule has 1 aromatic carbocycles. The Morgan fingerprint density at radius 3 is 2.85 bits per heavy atom. The van der Waals surface area contributed by atoms with Crippen LogP contribution in [-0.4, -0.2) is 41.4 Å². The number of aryl methyl sites for hydroxylation is 2. The first-order chi connectivity index (χ1) is 13.0. The number of rotatable bonds is 4. The normalized spacial score (nSPS) is 16.7. The van der Waals surface area contributed by atoms with Gasteiger partial charge in [0.05, 0.1) is 18.3 Å². The highest BCUT2D eigenvalue weighted by Gasteiger charge is 2.28. The van der Waals surface area contributed by atoms with Crippen LogP contribution in [0.25, 0.3) is 0 Å². The number of hydrogen-bond acceptors (Lipinski definition) is 5. The number of nitrogens with one attached hydrogen (secondary N) is 1. The number of anilines is 1. The predicted molar refractivity (Wildman–Crippen MR) is 97.9 cm³/mol. The van der Waals surface area contributed by atoms with Crippen molar-refractivity contribution in [2.75, 3.05) is 24.7 Å². The molecule has 2 amide bonds. The van der Waals surface area contributed by atoms with Gasteiger partial charge in [0.2, 0.25) is 11.8 Å². The van der Waals surface area contributed by atoms with Crippen molar-refractivity contribution in [1.29, 1.82) is 0 Å². The van der Waals surface area contributed by atoms with Crippen LogP contribution in [0.1, 0.15) is 30.6 Å². The molecule has 2 aromatic rings. The molecule has 0 bridgehead atoms. The topological polar surface area (TPSA) is 85.7 Å². The lowest BCUT2D eigenvalue weighted by Crippen LogP contribution is -2.44. The van der Waals surface area contributed by atoms with E-state index in [0.29, 0.717) is 43.5 Å². The molecule has 4 rings (SSSR count). The van der Waals surface area contributed by atoms with Gasteiger partial charge in [0.15, 0.2) is 11.5 Å². The van der Waals surface area contributed by atoms with E-state index in [0.717, 1.165) is 11.3 Å². The summed E-state index contributed by atoms with van der Waals surface area (Å²) >= 11 is 0. The zero-order valence-corrected chi connectivity index (χ0v) is 15.4. The van der Waals surface area contributed by atoms with Crippen molar-refractivity contribution in [3.63, 3.8) is 0 Å². The van der Waals surface area contributed by atoms with Gasteiger partial charge < -0.3 is 14.8 Å². The highest BCUT2D eigenvalue weighted by atomic mass is 16.6. The van der Waals surface area contributed by atoms with E-state index in [1.54, 1.807) is 4.68 Å². The molecular formula is C19H22N4O4. The molecule has 0 fully saturated rings. The van der Waals surface area contributed by atoms with Gasteiger partial charge >= 0.3 is 0 Å². The summed E-state index contributed by atoms with van der Waals surface area (Å²) in [5.41, 5.74) is 1.74. The van der Waals surface area contributed by atoms with Crippen LogP contribution in [0.5, 0.6) is 11.5 Å². The summed E-state index contributed by atoms with van der Waals surface area (Å²) < 4.78 is 12.9. The molecule has 1 N–H and O–H groups in total. The summed E-state index contributed by atoms with van der Waals surface area (Å²) in [6.07, 6.45) is 0.346. The number of amides is 2. The van der Waals surface area contributed by atoms with E-state index in [2.05, 4.69) is 10.4 Å². The Balaban J connectivity index is 1.44. The Morgan fingerprint density at radius 2 is 2.04 bits per heavy atom. The fourth-order valence-corrected chi connectivity index (χ4v) is 3.39. The minimum absolute atomic E-state index is 0.0289. The zero-order valence-electron chi connectivity index (χ0n) is 15.4. The van der Waals surface area contributed by atoms with Crippen LogP contribution < -0.4 is 19.7 Å². The lowest BCUT2D eigenvalue weighted by molar-refractivity contribution is -0.124. The van der Waals surface area contributed by atoms with Gasteiger partial charge in [-0.2, -0.15) is 5.10 Å². The summed E-state index contributed by atoms with van der Waals surface area (Å²) in [5.74, 6) is 1.78. The maximum Gasteiger partial charge on any atom is 0.240 e. The second kappa shape index (κ2) is 6.94. The zero-order chi connectivity index (χ0) is 19.0. The van der Waals surface area contributed by atoms with Crippen molar-refractivity contribution >= 4 is 17.6 Å². The fraction of sp³-hybridized carbons (Fsp3) is 0.421. The lowest BCUT2D eigenvalue weighted by atomic mass is 10.1. The first kappa shape index (κ1) is 17.4. The molecule has 1 unspecified atom stereocenters. The summed E-state index contributed by atoms with van der Waals surface area (Å²) in [4.78, 5) is 26.3. The first-order valence-corrected chi connectivity index (χ1v) is 9.05. The highest BCUT2D eigenvalue weighted by molar-refractivity contribution is 5.99. The molecular weight excluding hydrogens is 348 g/mol. The van der Waals surface area contributed by atoms with Crippen LogP contribution in [0, 0.1) is 6.92 Å². The number of hydrogen-bond donors (Lipinski definition) is 1. The number of nitrogens with zero attached hydrogens (tertiary/aromatic N) is 3. The first-order valence-electron chi connectivity index (χ1n) is 9.05. The van der Waals surface area contributed by atoms with Crippen molar-refractivity contribution in [3.8, 4) is 11.5 Å².